The largest absolute Gasteiger partial charge is 0.488 e. The molecule has 0 saturated carbocycles. The molecule has 1 saturated heterocycles. The zero-order valence-corrected chi connectivity index (χ0v) is 10.2. The zero-order chi connectivity index (χ0) is 11.5. The molecular weight excluding hydrogens is 224 g/mol. The lowest BCUT2D eigenvalue weighted by Crippen LogP contribution is -2.35. The molecule has 0 aromatic heterocycles. The summed E-state index contributed by atoms with van der Waals surface area (Å²) in [4.78, 5) is 2.31. The highest BCUT2D eigenvalue weighted by Gasteiger charge is 2.18. The lowest BCUT2D eigenvalue weighted by molar-refractivity contribution is 0.115. The smallest absolute Gasteiger partial charge is 0.142 e. The number of rotatable bonds is 2. The maximum Gasteiger partial charge on any atom is 0.142 e. The summed E-state index contributed by atoms with van der Waals surface area (Å²) < 4.78 is 5.88. The number of likely N-dealkylation sites (tertiary alicyclic amines) is 1. The number of benzene rings is 1. The van der Waals surface area contributed by atoms with Crippen molar-refractivity contribution in [3.05, 3.63) is 23.2 Å². The van der Waals surface area contributed by atoms with Crippen LogP contribution in [0.25, 0.3) is 0 Å². The number of nitrogens with zero attached hydrogens (tertiary/aromatic N) is 1. The fourth-order valence-electron chi connectivity index (χ4n) is 1.91. The van der Waals surface area contributed by atoms with Gasteiger partial charge in [-0.25, -0.2) is 0 Å². The predicted octanol–water partition coefficient (Wildman–Crippen LogP) is 2.40. The van der Waals surface area contributed by atoms with E-state index < -0.39 is 0 Å². The van der Waals surface area contributed by atoms with Crippen molar-refractivity contribution in [2.24, 2.45) is 0 Å². The molecule has 1 aromatic rings. The molecule has 0 radical (unpaired) electrons. The number of ether oxygens (including phenoxy) is 1. The van der Waals surface area contributed by atoms with Crippen LogP contribution in [-0.4, -0.2) is 31.1 Å². The van der Waals surface area contributed by atoms with Crippen LogP contribution >= 0.6 is 11.6 Å². The van der Waals surface area contributed by atoms with E-state index in [1.807, 2.05) is 12.1 Å². The Kier molecular flexibility index (Phi) is 3.56. The van der Waals surface area contributed by atoms with Gasteiger partial charge in [-0.05, 0) is 38.1 Å². The molecule has 4 heteroatoms. The Morgan fingerprint density at radius 2 is 2.06 bits per heavy atom. The number of hydrogen-bond donors (Lipinski definition) is 1. The molecule has 0 amide bonds. The van der Waals surface area contributed by atoms with Gasteiger partial charge in [-0.1, -0.05) is 11.6 Å². The fraction of sp³-hybridized carbons (Fsp3) is 0.500. The Bertz CT molecular complexity index is 362. The molecule has 2 rings (SSSR count). The average Bonchev–Trinajstić information content (AvgIpc) is 2.25. The van der Waals surface area contributed by atoms with E-state index in [0.29, 0.717) is 10.7 Å². The molecule has 0 unspecified atom stereocenters. The quantitative estimate of drug-likeness (QED) is 0.807. The van der Waals surface area contributed by atoms with Crippen LogP contribution in [0.3, 0.4) is 0 Å². The number of nitrogens with two attached hydrogens (primary N) is 1. The van der Waals surface area contributed by atoms with E-state index in [4.69, 9.17) is 22.1 Å². The summed E-state index contributed by atoms with van der Waals surface area (Å²) in [5.41, 5.74) is 6.46. The standard InChI is InChI=1S/C12H17ClN2O/c1-15-6-4-10(5-7-15)16-12-3-2-9(13)8-11(12)14/h2-3,8,10H,4-7,14H2,1H3. The molecule has 1 aromatic carbocycles. The first-order valence-electron chi connectivity index (χ1n) is 5.55. The second kappa shape index (κ2) is 4.93. The molecule has 1 heterocycles. The minimum Gasteiger partial charge on any atom is -0.488 e. The number of nitrogen functional groups attached to an aromatic ring is 1. The van der Waals surface area contributed by atoms with Crippen molar-refractivity contribution in [1.82, 2.24) is 4.90 Å². The predicted molar refractivity (Wildman–Crippen MR) is 67.0 cm³/mol. The maximum absolute atomic E-state index is 5.88. The van der Waals surface area contributed by atoms with Crippen molar-refractivity contribution in [2.45, 2.75) is 18.9 Å². The van der Waals surface area contributed by atoms with Crippen LogP contribution in [0.15, 0.2) is 18.2 Å². The molecule has 1 aliphatic rings. The van der Waals surface area contributed by atoms with Crippen LogP contribution in [-0.2, 0) is 0 Å². The number of hydrogen-bond acceptors (Lipinski definition) is 3. The van der Waals surface area contributed by atoms with Gasteiger partial charge < -0.3 is 15.4 Å². The van der Waals surface area contributed by atoms with Crippen molar-refractivity contribution < 1.29 is 4.74 Å². The number of piperidine rings is 1. The van der Waals surface area contributed by atoms with Crippen molar-refractivity contribution >= 4 is 17.3 Å². The van der Waals surface area contributed by atoms with Gasteiger partial charge in [0.2, 0.25) is 0 Å². The molecule has 0 spiro atoms. The fourth-order valence-corrected chi connectivity index (χ4v) is 2.09. The second-order valence-corrected chi connectivity index (χ2v) is 4.74. The Balaban J connectivity index is 1.98. The normalized spacial score (nSPS) is 18.6. The van der Waals surface area contributed by atoms with E-state index in [-0.39, 0.29) is 6.10 Å². The van der Waals surface area contributed by atoms with E-state index in [1.54, 1.807) is 6.07 Å². The molecule has 88 valence electrons. The number of anilines is 1. The van der Waals surface area contributed by atoms with Crippen LogP contribution in [0.5, 0.6) is 5.75 Å². The Morgan fingerprint density at radius 3 is 2.69 bits per heavy atom. The third-order valence-corrected chi connectivity index (χ3v) is 3.17. The van der Waals surface area contributed by atoms with Crippen LogP contribution in [0, 0.1) is 0 Å². The molecule has 0 atom stereocenters. The molecule has 1 fully saturated rings. The van der Waals surface area contributed by atoms with Gasteiger partial charge in [0.05, 0.1) is 5.69 Å². The Morgan fingerprint density at radius 1 is 1.38 bits per heavy atom. The summed E-state index contributed by atoms with van der Waals surface area (Å²) in [6.45, 7) is 2.16. The summed E-state index contributed by atoms with van der Waals surface area (Å²) in [5, 5.41) is 0.647. The highest BCUT2D eigenvalue weighted by molar-refractivity contribution is 6.30. The summed E-state index contributed by atoms with van der Waals surface area (Å²) >= 11 is 5.84. The van der Waals surface area contributed by atoms with Gasteiger partial charge in [-0.15, -0.1) is 0 Å². The Hall–Kier alpha value is -0.930. The van der Waals surface area contributed by atoms with Crippen LogP contribution in [0.4, 0.5) is 5.69 Å². The van der Waals surface area contributed by atoms with E-state index in [1.165, 1.54) is 0 Å². The summed E-state index contributed by atoms with van der Waals surface area (Å²) in [7, 11) is 2.13. The number of halogens is 1. The maximum atomic E-state index is 5.88. The SMILES string of the molecule is CN1CCC(Oc2ccc(Cl)cc2N)CC1. The van der Waals surface area contributed by atoms with Crippen molar-refractivity contribution in [1.29, 1.82) is 0 Å². The third-order valence-electron chi connectivity index (χ3n) is 2.93. The average molecular weight is 241 g/mol. The van der Waals surface area contributed by atoms with E-state index in [2.05, 4.69) is 11.9 Å². The highest BCUT2D eigenvalue weighted by atomic mass is 35.5. The molecule has 1 aliphatic heterocycles. The van der Waals surface area contributed by atoms with Gasteiger partial charge in [0.1, 0.15) is 11.9 Å². The van der Waals surface area contributed by atoms with Gasteiger partial charge in [0, 0.05) is 18.1 Å². The molecule has 2 N–H and O–H groups in total. The molecule has 3 nitrogen and oxygen atoms in total. The first kappa shape index (κ1) is 11.6. The second-order valence-electron chi connectivity index (χ2n) is 4.30. The first-order chi connectivity index (χ1) is 7.65. The summed E-state index contributed by atoms with van der Waals surface area (Å²) in [5.74, 6) is 0.749. The summed E-state index contributed by atoms with van der Waals surface area (Å²) in [6.07, 6.45) is 2.39. The van der Waals surface area contributed by atoms with Crippen LogP contribution in [0.2, 0.25) is 5.02 Å². The van der Waals surface area contributed by atoms with Crippen molar-refractivity contribution in [3.63, 3.8) is 0 Å². The van der Waals surface area contributed by atoms with E-state index >= 15 is 0 Å². The minimum absolute atomic E-state index is 0.277. The Labute approximate surface area is 101 Å². The molecular formula is C12H17ClN2O. The lowest BCUT2D eigenvalue weighted by Gasteiger charge is -2.29. The first-order valence-corrected chi connectivity index (χ1v) is 5.93. The molecule has 16 heavy (non-hydrogen) atoms. The molecule has 0 aliphatic carbocycles. The van der Waals surface area contributed by atoms with Gasteiger partial charge >= 0.3 is 0 Å². The van der Waals surface area contributed by atoms with Crippen LogP contribution < -0.4 is 10.5 Å². The van der Waals surface area contributed by atoms with Crippen molar-refractivity contribution in [2.75, 3.05) is 25.9 Å². The van der Waals surface area contributed by atoms with Gasteiger partial charge in [-0.3, -0.25) is 0 Å². The van der Waals surface area contributed by atoms with Crippen molar-refractivity contribution in [3.8, 4) is 5.75 Å². The highest BCUT2D eigenvalue weighted by Crippen LogP contribution is 2.27. The third kappa shape index (κ3) is 2.80. The topological polar surface area (TPSA) is 38.5 Å². The van der Waals surface area contributed by atoms with Gasteiger partial charge in [0.25, 0.3) is 0 Å². The minimum atomic E-state index is 0.277. The van der Waals surface area contributed by atoms with E-state index in [9.17, 15) is 0 Å². The lowest BCUT2D eigenvalue weighted by atomic mass is 10.1. The van der Waals surface area contributed by atoms with E-state index in [0.717, 1.165) is 31.7 Å². The van der Waals surface area contributed by atoms with Gasteiger partial charge in [-0.2, -0.15) is 0 Å². The summed E-state index contributed by atoms with van der Waals surface area (Å²) in [6, 6.07) is 5.38. The molecule has 0 bridgehead atoms. The van der Waals surface area contributed by atoms with Gasteiger partial charge in [0.15, 0.2) is 0 Å². The zero-order valence-electron chi connectivity index (χ0n) is 9.45. The van der Waals surface area contributed by atoms with Crippen LogP contribution in [0.1, 0.15) is 12.8 Å². The monoisotopic (exact) mass is 240 g/mol.